The maximum absolute atomic E-state index is 13.8. The fourth-order valence-electron chi connectivity index (χ4n) is 5.28. The van der Waals surface area contributed by atoms with Crippen molar-refractivity contribution in [3.8, 4) is 0 Å². The molecule has 2 aromatic rings. The zero-order valence-electron chi connectivity index (χ0n) is 21.3. The molecule has 2 heterocycles. The highest BCUT2D eigenvalue weighted by Crippen LogP contribution is 2.42. The van der Waals surface area contributed by atoms with Gasteiger partial charge in [0.05, 0.1) is 23.1 Å². The van der Waals surface area contributed by atoms with E-state index in [1.54, 1.807) is 36.6 Å². The van der Waals surface area contributed by atoms with E-state index in [4.69, 9.17) is 4.99 Å². The molecule has 3 amide bonds. The zero-order valence-corrected chi connectivity index (χ0v) is 22.8. The predicted octanol–water partition coefficient (Wildman–Crippen LogP) is 4.64. The van der Waals surface area contributed by atoms with E-state index in [0.717, 1.165) is 10.5 Å². The summed E-state index contributed by atoms with van der Waals surface area (Å²) in [7, 11) is 0. The van der Waals surface area contributed by atoms with E-state index in [2.05, 4.69) is 21.2 Å². The highest BCUT2D eigenvalue weighted by Gasteiger charge is 2.54. The number of amides is 3. The second-order valence-corrected chi connectivity index (χ2v) is 10.9. The number of carbonyl (C=O) groups is 4. The number of rotatable bonds is 11. The Bertz CT molecular complexity index is 1290. The van der Waals surface area contributed by atoms with Gasteiger partial charge in [-0.05, 0) is 48.6 Å². The summed E-state index contributed by atoms with van der Waals surface area (Å²) in [5, 5.41) is 12.6. The number of nitrogens with one attached hydrogen (secondary N) is 1. The molecule has 2 aliphatic heterocycles. The van der Waals surface area contributed by atoms with Crippen LogP contribution >= 0.6 is 15.9 Å². The van der Waals surface area contributed by atoms with E-state index in [0.29, 0.717) is 17.4 Å². The van der Waals surface area contributed by atoms with Crippen LogP contribution in [0.5, 0.6) is 0 Å². The minimum Gasteiger partial charge on any atom is -0.481 e. The van der Waals surface area contributed by atoms with E-state index >= 15 is 0 Å². The van der Waals surface area contributed by atoms with Crippen molar-refractivity contribution in [3.05, 3.63) is 81.8 Å². The lowest BCUT2D eigenvalue weighted by Gasteiger charge is -2.43. The molecular formula is C29H30BrN3O5. The lowest BCUT2D eigenvalue weighted by atomic mass is 9.72. The van der Waals surface area contributed by atoms with Crippen LogP contribution in [-0.4, -0.2) is 51.5 Å². The van der Waals surface area contributed by atoms with Gasteiger partial charge in [-0.1, -0.05) is 66.2 Å². The van der Waals surface area contributed by atoms with Gasteiger partial charge in [-0.25, -0.2) is 0 Å². The number of carboxylic acids is 1. The highest BCUT2D eigenvalue weighted by atomic mass is 79.9. The Balaban J connectivity index is 1.76. The fourth-order valence-corrected chi connectivity index (χ4v) is 5.64. The number of allylic oxidation sites excluding steroid dienone is 1. The Morgan fingerprint density at radius 3 is 2.42 bits per heavy atom. The molecule has 2 N–H and O–H groups in total. The first kappa shape index (κ1) is 27.4. The molecule has 2 aromatic carbocycles. The van der Waals surface area contributed by atoms with E-state index in [1.165, 1.54) is 0 Å². The molecular weight excluding hydrogens is 550 g/mol. The van der Waals surface area contributed by atoms with Crippen LogP contribution < -0.4 is 5.32 Å². The van der Waals surface area contributed by atoms with Crippen molar-refractivity contribution in [1.82, 2.24) is 10.2 Å². The van der Waals surface area contributed by atoms with Crippen LogP contribution in [0.2, 0.25) is 0 Å². The lowest BCUT2D eigenvalue weighted by Crippen LogP contribution is -2.59. The van der Waals surface area contributed by atoms with Crippen LogP contribution in [0.15, 0.2) is 70.1 Å². The molecule has 0 fully saturated rings. The number of hydrogen-bond donors (Lipinski definition) is 2. The van der Waals surface area contributed by atoms with Crippen molar-refractivity contribution in [2.24, 2.45) is 16.8 Å². The third-order valence-electron chi connectivity index (χ3n) is 7.00. The summed E-state index contributed by atoms with van der Waals surface area (Å²) >= 11 is 3.35. The van der Waals surface area contributed by atoms with Gasteiger partial charge in [0.25, 0.3) is 11.8 Å². The molecule has 9 heteroatoms. The Morgan fingerprint density at radius 2 is 1.79 bits per heavy atom. The summed E-state index contributed by atoms with van der Waals surface area (Å²) in [6, 6.07) is 13.4. The molecule has 2 aliphatic rings. The summed E-state index contributed by atoms with van der Waals surface area (Å²) in [5.41, 5.74) is 0.0933. The first-order chi connectivity index (χ1) is 18.1. The molecule has 0 aliphatic carbocycles. The quantitative estimate of drug-likeness (QED) is 0.376. The molecule has 0 spiro atoms. The van der Waals surface area contributed by atoms with Crippen molar-refractivity contribution in [3.63, 3.8) is 0 Å². The largest absolute Gasteiger partial charge is 0.481 e. The third-order valence-corrected chi connectivity index (χ3v) is 7.49. The normalized spacial score (nSPS) is 19.6. The van der Waals surface area contributed by atoms with Crippen molar-refractivity contribution < 1.29 is 24.3 Å². The molecule has 198 valence electrons. The highest BCUT2D eigenvalue weighted by molar-refractivity contribution is 9.10. The number of imide groups is 1. The molecule has 3 atom stereocenters. The number of carbonyl (C=O) groups excluding carboxylic acids is 3. The van der Waals surface area contributed by atoms with Crippen LogP contribution in [0.3, 0.4) is 0 Å². The SMILES string of the molecule is CC(C)CC(C(=O)NCc1ccccc1)C1(C(CCC(=O)O)N2C(=O)c3ccc(Br)cc3C2=O)C=CC=N1. The molecule has 4 rings (SSSR count). The van der Waals surface area contributed by atoms with Gasteiger partial charge in [0.15, 0.2) is 0 Å². The minimum absolute atomic E-state index is 0.0514. The van der Waals surface area contributed by atoms with E-state index < -0.39 is 35.3 Å². The van der Waals surface area contributed by atoms with Gasteiger partial charge in [-0.2, -0.15) is 0 Å². The Hall–Kier alpha value is -3.59. The van der Waals surface area contributed by atoms with Crippen LogP contribution in [0.4, 0.5) is 0 Å². The molecule has 3 unspecified atom stereocenters. The number of benzene rings is 2. The van der Waals surface area contributed by atoms with Crippen LogP contribution in [0.1, 0.15) is 59.4 Å². The standard InChI is InChI=1S/C29H30BrN3O5/c1-18(2)15-23(26(36)31-17-19-7-4-3-5-8-19)29(13-6-14-32-29)24(11-12-25(34)35)33-27(37)21-10-9-20(30)16-22(21)28(33)38/h3-10,13-14,16,18,23-24H,11-12,15,17H2,1-2H3,(H,31,36)(H,34,35). The Labute approximate surface area is 230 Å². The number of fused-ring (bicyclic) bond motifs is 1. The van der Waals surface area contributed by atoms with E-state index in [9.17, 15) is 24.3 Å². The molecule has 0 radical (unpaired) electrons. The lowest BCUT2D eigenvalue weighted by molar-refractivity contribution is -0.137. The van der Waals surface area contributed by atoms with Crippen LogP contribution in [0.25, 0.3) is 0 Å². The summed E-state index contributed by atoms with van der Waals surface area (Å²) in [6.07, 6.45) is 5.06. The summed E-state index contributed by atoms with van der Waals surface area (Å²) in [5.74, 6) is -3.05. The number of hydrogen-bond acceptors (Lipinski definition) is 5. The monoisotopic (exact) mass is 579 g/mol. The number of aliphatic carboxylic acids is 1. The van der Waals surface area contributed by atoms with Gasteiger partial charge in [0.2, 0.25) is 5.91 Å². The maximum atomic E-state index is 13.8. The second kappa shape index (κ2) is 11.4. The first-order valence-electron chi connectivity index (χ1n) is 12.6. The van der Waals surface area contributed by atoms with Gasteiger partial charge < -0.3 is 10.4 Å². The minimum atomic E-state index is -1.31. The van der Waals surface area contributed by atoms with E-state index in [1.807, 2.05) is 44.2 Å². The fraction of sp³-hybridized carbons (Fsp3) is 0.345. The van der Waals surface area contributed by atoms with Crippen molar-refractivity contribution >= 4 is 45.8 Å². The van der Waals surface area contributed by atoms with Gasteiger partial charge in [0.1, 0.15) is 5.54 Å². The molecule has 0 saturated heterocycles. The van der Waals surface area contributed by atoms with E-state index in [-0.39, 0.29) is 35.8 Å². The van der Waals surface area contributed by atoms with Gasteiger partial charge >= 0.3 is 5.97 Å². The second-order valence-electron chi connectivity index (χ2n) is 10.0. The predicted molar refractivity (Wildman–Crippen MR) is 147 cm³/mol. The molecule has 0 bridgehead atoms. The topological polar surface area (TPSA) is 116 Å². The number of aliphatic imine (C=N–C) groups is 1. The Morgan fingerprint density at radius 1 is 1.08 bits per heavy atom. The summed E-state index contributed by atoms with van der Waals surface area (Å²) in [4.78, 5) is 58.5. The van der Waals surface area contributed by atoms with Crippen LogP contribution in [0, 0.1) is 11.8 Å². The Kier molecular flexibility index (Phi) is 8.26. The summed E-state index contributed by atoms with van der Waals surface area (Å²) < 4.78 is 0.646. The van der Waals surface area contributed by atoms with Crippen molar-refractivity contribution in [2.75, 3.05) is 0 Å². The number of carboxylic acid groups (broad SMARTS) is 1. The van der Waals surface area contributed by atoms with Crippen molar-refractivity contribution in [2.45, 2.75) is 51.2 Å². The molecule has 0 aromatic heterocycles. The van der Waals surface area contributed by atoms with Gasteiger partial charge in [-0.15, -0.1) is 0 Å². The molecule has 0 saturated carbocycles. The smallest absolute Gasteiger partial charge is 0.303 e. The molecule has 8 nitrogen and oxygen atoms in total. The maximum Gasteiger partial charge on any atom is 0.303 e. The number of nitrogens with zero attached hydrogens (tertiary/aromatic N) is 2. The summed E-state index contributed by atoms with van der Waals surface area (Å²) in [6.45, 7) is 4.28. The first-order valence-corrected chi connectivity index (χ1v) is 13.4. The van der Waals surface area contributed by atoms with Crippen LogP contribution in [-0.2, 0) is 16.1 Å². The zero-order chi connectivity index (χ0) is 27.4. The third kappa shape index (κ3) is 5.48. The number of halogens is 1. The van der Waals surface area contributed by atoms with Gasteiger partial charge in [-0.3, -0.25) is 29.1 Å². The van der Waals surface area contributed by atoms with Gasteiger partial charge in [0, 0.05) is 23.7 Å². The van der Waals surface area contributed by atoms with Crippen molar-refractivity contribution in [1.29, 1.82) is 0 Å². The molecule has 38 heavy (non-hydrogen) atoms. The average molecular weight is 580 g/mol. The average Bonchev–Trinajstić information content (AvgIpc) is 3.46.